The number of nitrogens with one attached hydrogen (secondary N) is 1. The Labute approximate surface area is 215 Å². The Morgan fingerprint density at radius 2 is 1.86 bits per heavy atom. The Morgan fingerprint density at radius 3 is 2.65 bits per heavy atom. The van der Waals surface area contributed by atoms with Crippen molar-refractivity contribution in [2.24, 2.45) is 0 Å². The number of aryl methyl sites for hydroxylation is 1. The van der Waals surface area contributed by atoms with Crippen molar-refractivity contribution in [3.05, 3.63) is 81.9 Å². The molecule has 5 aromatic rings. The predicted octanol–water partition coefficient (Wildman–Crippen LogP) is 3.40. The molecule has 10 nitrogen and oxygen atoms in total. The van der Waals surface area contributed by atoms with Crippen molar-refractivity contribution in [3.8, 4) is 11.5 Å². The Morgan fingerprint density at radius 1 is 1.05 bits per heavy atom. The quantitative estimate of drug-likeness (QED) is 0.351. The zero-order chi connectivity index (χ0) is 25.6. The molecule has 0 saturated carbocycles. The number of aromatic nitrogens is 4. The van der Waals surface area contributed by atoms with Crippen LogP contribution >= 0.6 is 11.7 Å². The van der Waals surface area contributed by atoms with E-state index in [1.54, 1.807) is 61.8 Å². The van der Waals surface area contributed by atoms with E-state index in [1.807, 2.05) is 0 Å². The van der Waals surface area contributed by atoms with Gasteiger partial charge in [0, 0.05) is 42.5 Å². The molecule has 0 amide bonds. The molecule has 12 heteroatoms. The smallest absolute Gasteiger partial charge is 0.252 e. The van der Waals surface area contributed by atoms with Gasteiger partial charge in [0.2, 0.25) is 10.0 Å². The fraction of sp³-hybridized carbons (Fsp3) is 0.200. The van der Waals surface area contributed by atoms with Gasteiger partial charge in [-0.25, -0.2) is 8.42 Å². The van der Waals surface area contributed by atoms with Crippen molar-refractivity contribution in [3.63, 3.8) is 0 Å². The van der Waals surface area contributed by atoms with Gasteiger partial charge in [0.05, 0.1) is 17.2 Å². The summed E-state index contributed by atoms with van der Waals surface area (Å²) in [7, 11) is -4.10. The molecule has 2 aromatic carbocycles. The normalized spacial score (nSPS) is 13.5. The number of nitrogens with zero attached hydrogens (tertiary/aromatic N) is 4. The summed E-state index contributed by atoms with van der Waals surface area (Å²) in [6, 6.07) is 12.2. The number of ether oxygens (including phenoxy) is 2. The average Bonchev–Trinajstić information content (AvgIpc) is 3.36. The minimum absolute atomic E-state index is 0.0161. The molecule has 0 fully saturated rings. The van der Waals surface area contributed by atoms with E-state index in [-0.39, 0.29) is 29.1 Å². The van der Waals surface area contributed by atoms with Crippen molar-refractivity contribution >= 4 is 43.7 Å². The lowest BCUT2D eigenvalue weighted by Gasteiger charge is -2.23. The highest BCUT2D eigenvalue weighted by Crippen LogP contribution is 2.34. The molecule has 0 bridgehead atoms. The lowest BCUT2D eigenvalue weighted by molar-refractivity contribution is 0.172. The summed E-state index contributed by atoms with van der Waals surface area (Å²) in [6.07, 6.45) is 3.23. The van der Waals surface area contributed by atoms with E-state index in [4.69, 9.17) is 9.47 Å². The fourth-order valence-electron chi connectivity index (χ4n) is 4.40. The number of fused-ring (bicyclic) bond motifs is 3. The van der Waals surface area contributed by atoms with E-state index >= 15 is 0 Å². The summed E-state index contributed by atoms with van der Waals surface area (Å²) in [5.74, 6) is 1.14. The van der Waals surface area contributed by atoms with Crippen LogP contribution in [0.5, 0.6) is 11.5 Å². The van der Waals surface area contributed by atoms with Crippen LogP contribution in [-0.4, -0.2) is 44.7 Å². The third kappa shape index (κ3) is 4.32. The van der Waals surface area contributed by atoms with E-state index in [2.05, 4.69) is 18.7 Å². The number of benzene rings is 2. The Hall–Kier alpha value is -3.87. The third-order valence-corrected chi connectivity index (χ3v) is 8.70. The lowest BCUT2D eigenvalue weighted by Crippen LogP contribution is -2.33. The molecule has 0 radical (unpaired) electrons. The maximum atomic E-state index is 14.1. The van der Waals surface area contributed by atoms with Gasteiger partial charge < -0.3 is 14.5 Å². The fourth-order valence-corrected chi connectivity index (χ4v) is 6.76. The van der Waals surface area contributed by atoms with Crippen LogP contribution in [-0.2, 0) is 23.1 Å². The number of rotatable bonds is 6. The molecule has 1 aliphatic heterocycles. The Kier molecular flexibility index (Phi) is 5.86. The zero-order valence-corrected chi connectivity index (χ0v) is 21.3. The highest BCUT2D eigenvalue weighted by Gasteiger charge is 2.31. The zero-order valence-electron chi connectivity index (χ0n) is 19.7. The number of hydrogen-bond acceptors (Lipinski definition) is 9. The molecular formula is C25H21N5O5S2. The topological polar surface area (TPSA) is 127 Å². The molecule has 37 heavy (non-hydrogen) atoms. The van der Waals surface area contributed by atoms with Crippen LogP contribution in [0.15, 0.2) is 64.5 Å². The van der Waals surface area contributed by atoms with Gasteiger partial charge >= 0.3 is 0 Å². The van der Waals surface area contributed by atoms with Crippen molar-refractivity contribution in [2.45, 2.75) is 24.9 Å². The second-order valence-electron chi connectivity index (χ2n) is 8.68. The first-order valence-corrected chi connectivity index (χ1v) is 13.6. The largest absolute Gasteiger partial charge is 0.486 e. The van der Waals surface area contributed by atoms with Gasteiger partial charge in [-0.1, -0.05) is 12.1 Å². The monoisotopic (exact) mass is 535 g/mol. The summed E-state index contributed by atoms with van der Waals surface area (Å²) in [6.45, 7) is 2.44. The van der Waals surface area contributed by atoms with Gasteiger partial charge in [-0.05, 0) is 42.3 Å². The predicted molar refractivity (Wildman–Crippen MR) is 138 cm³/mol. The van der Waals surface area contributed by atoms with Gasteiger partial charge in [0.1, 0.15) is 29.1 Å². The van der Waals surface area contributed by atoms with Crippen LogP contribution in [0, 0.1) is 6.92 Å². The standard InChI is InChI=1S/C25H21N5O5S2/c1-15-4-5-19-23(29-36-28-19)24(15)37(32,33)30(13-16-3-2-6-26-12-16)14-18-9-17-10-21-22(35-8-7-34-21)11-20(17)27-25(18)31/h2-6,9-12H,7-8,13-14H2,1H3,(H,27,31). The SMILES string of the molecule is Cc1ccc2nsnc2c1S(=O)(=O)N(Cc1cccnc1)Cc1cc2cc3c(cc2[nH]c1=O)OCCO3. The summed E-state index contributed by atoms with van der Waals surface area (Å²) >= 11 is 0.957. The number of hydrogen-bond donors (Lipinski definition) is 1. The summed E-state index contributed by atoms with van der Waals surface area (Å²) in [5, 5.41) is 0.708. The van der Waals surface area contributed by atoms with Crippen LogP contribution in [0.1, 0.15) is 16.7 Å². The second-order valence-corrected chi connectivity index (χ2v) is 11.1. The lowest BCUT2D eigenvalue weighted by atomic mass is 10.1. The molecule has 0 spiro atoms. The molecule has 188 valence electrons. The third-order valence-electron chi connectivity index (χ3n) is 6.19. The summed E-state index contributed by atoms with van der Waals surface area (Å²) in [4.78, 5) is 20.2. The molecule has 1 N–H and O–H groups in total. The first kappa shape index (κ1) is 23.5. The maximum Gasteiger partial charge on any atom is 0.252 e. The molecule has 0 atom stereocenters. The Bertz CT molecular complexity index is 1800. The van der Waals surface area contributed by atoms with Gasteiger partial charge in [-0.2, -0.15) is 13.1 Å². The molecular weight excluding hydrogens is 514 g/mol. The van der Waals surface area contributed by atoms with Crippen molar-refractivity contribution in [1.82, 2.24) is 23.0 Å². The van der Waals surface area contributed by atoms with Crippen LogP contribution in [0.4, 0.5) is 0 Å². The molecule has 0 aliphatic carbocycles. The van der Waals surface area contributed by atoms with E-state index in [9.17, 15) is 13.2 Å². The van der Waals surface area contributed by atoms with Gasteiger partial charge in [-0.15, -0.1) is 0 Å². The van der Waals surface area contributed by atoms with Crippen molar-refractivity contribution in [1.29, 1.82) is 0 Å². The average molecular weight is 536 g/mol. The van der Waals surface area contributed by atoms with Gasteiger partial charge in [0.15, 0.2) is 11.5 Å². The molecule has 1 aliphatic rings. The van der Waals surface area contributed by atoms with Crippen molar-refractivity contribution < 1.29 is 17.9 Å². The van der Waals surface area contributed by atoms with Crippen LogP contribution in [0.25, 0.3) is 21.9 Å². The van der Waals surface area contributed by atoms with Crippen molar-refractivity contribution in [2.75, 3.05) is 13.2 Å². The molecule has 6 rings (SSSR count). The van der Waals surface area contributed by atoms with Gasteiger partial charge in [0.25, 0.3) is 5.56 Å². The highest BCUT2D eigenvalue weighted by atomic mass is 32.2. The summed E-state index contributed by atoms with van der Waals surface area (Å²) in [5.41, 5.74) is 2.53. The van der Waals surface area contributed by atoms with E-state index in [0.717, 1.165) is 11.7 Å². The van der Waals surface area contributed by atoms with Gasteiger partial charge in [-0.3, -0.25) is 9.78 Å². The van der Waals surface area contributed by atoms with E-state index < -0.39 is 10.0 Å². The van der Waals surface area contributed by atoms with E-state index in [0.29, 0.717) is 57.8 Å². The molecule has 0 unspecified atom stereocenters. The number of aromatic amines is 1. The second kappa shape index (κ2) is 9.21. The summed E-state index contributed by atoms with van der Waals surface area (Å²) < 4.78 is 49.3. The molecule has 4 heterocycles. The number of H-pyrrole nitrogens is 1. The Balaban J connectivity index is 1.46. The molecule has 3 aromatic heterocycles. The number of pyridine rings is 2. The highest BCUT2D eigenvalue weighted by molar-refractivity contribution is 7.89. The van der Waals surface area contributed by atoms with Crippen LogP contribution < -0.4 is 15.0 Å². The van der Waals surface area contributed by atoms with Crippen LogP contribution in [0.2, 0.25) is 0 Å². The first-order valence-electron chi connectivity index (χ1n) is 11.5. The van der Waals surface area contributed by atoms with E-state index in [1.165, 1.54) is 4.31 Å². The number of sulfonamides is 1. The minimum atomic E-state index is -4.10. The first-order chi connectivity index (χ1) is 17.9. The molecule has 0 saturated heterocycles. The maximum absolute atomic E-state index is 14.1. The minimum Gasteiger partial charge on any atom is -0.486 e. The van der Waals surface area contributed by atoms with Crippen LogP contribution in [0.3, 0.4) is 0 Å².